The number of aryl methyl sites for hydroxylation is 1. The number of pyridine rings is 1. The summed E-state index contributed by atoms with van der Waals surface area (Å²) in [4.78, 5) is 16.7. The van der Waals surface area contributed by atoms with Gasteiger partial charge in [-0.2, -0.15) is 0 Å². The second-order valence-corrected chi connectivity index (χ2v) is 4.48. The van der Waals surface area contributed by atoms with Crippen molar-refractivity contribution in [2.24, 2.45) is 0 Å². The van der Waals surface area contributed by atoms with Crippen molar-refractivity contribution in [1.29, 1.82) is 0 Å². The number of thiol groups is 1. The molecule has 0 saturated heterocycles. The van der Waals surface area contributed by atoms with Gasteiger partial charge in [-0.1, -0.05) is 12.1 Å². The second-order valence-electron chi connectivity index (χ2n) is 4.00. The van der Waals surface area contributed by atoms with Crippen LogP contribution in [0.3, 0.4) is 0 Å². The summed E-state index contributed by atoms with van der Waals surface area (Å²) in [5.41, 5.74) is 2.72. The van der Waals surface area contributed by atoms with Crippen LogP contribution in [0.25, 0.3) is 0 Å². The maximum atomic E-state index is 12.0. The Hall–Kier alpha value is -1.81. The molecule has 0 spiro atoms. The zero-order valence-electron chi connectivity index (χ0n) is 10.1. The topological polar surface area (TPSA) is 42.0 Å². The molecule has 4 heteroatoms. The van der Waals surface area contributed by atoms with Crippen LogP contribution in [0.5, 0.6) is 0 Å². The average molecular weight is 258 g/mol. The monoisotopic (exact) mass is 258 g/mol. The third-order valence-electron chi connectivity index (χ3n) is 2.72. The number of benzene rings is 1. The molecule has 2 rings (SSSR count). The van der Waals surface area contributed by atoms with Crippen LogP contribution < -0.4 is 5.32 Å². The summed E-state index contributed by atoms with van der Waals surface area (Å²) >= 11 is 4.27. The van der Waals surface area contributed by atoms with Crippen molar-refractivity contribution < 1.29 is 4.79 Å². The third-order valence-corrected chi connectivity index (χ3v) is 3.11. The van der Waals surface area contributed by atoms with Crippen molar-refractivity contribution in [1.82, 2.24) is 10.3 Å². The third kappa shape index (κ3) is 2.90. The fourth-order valence-electron chi connectivity index (χ4n) is 1.64. The minimum atomic E-state index is -0.114. The van der Waals surface area contributed by atoms with Gasteiger partial charge in [-0.05, 0) is 36.2 Å². The van der Waals surface area contributed by atoms with Gasteiger partial charge in [0.2, 0.25) is 0 Å². The standard InChI is InChI=1S/C14H14N2OS/c1-10-8-15-7-6-11(10)9-16-14(17)12-4-2-3-5-13(12)18/h2-8,18H,9H2,1H3,(H,16,17). The van der Waals surface area contributed by atoms with Crippen LogP contribution in [0.15, 0.2) is 47.6 Å². The summed E-state index contributed by atoms with van der Waals surface area (Å²) < 4.78 is 0. The summed E-state index contributed by atoms with van der Waals surface area (Å²) in [6.07, 6.45) is 3.51. The first-order valence-corrected chi connectivity index (χ1v) is 6.09. The van der Waals surface area contributed by atoms with Gasteiger partial charge in [0.05, 0.1) is 5.56 Å². The molecule has 1 aromatic heterocycles. The lowest BCUT2D eigenvalue weighted by atomic mass is 10.1. The molecule has 0 atom stereocenters. The Kier molecular flexibility index (Phi) is 3.99. The van der Waals surface area contributed by atoms with Gasteiger partial charge in [-0.25, -0.2) is 0 Å². The van der Waals surface area contributed by atoms with E-state index in [0.717, 1.165) is 11.1 Å². The molecular weight excluding hydrogens is 244 g/mol. The van der Waals surface area contributed by atoms with E-state index >= 15 is 0 Å². The highest BCUT2D eigenvalue weighted by Gasteiger charge is 2.08. The minimum Gasteiger partial charge on any atom is -0.348 e. The number of rotatable bonds is 3. The maximum Gasteiger partial charge on any atom is 0.252 e. The van der Waals surface area contributed by atoms with Crippen LogP contribution in [0.4, 0.5) is 0 Å². The molecule has 0 bridgehead atoms. The predicted molar refractivity (Wildman–Crippen MR) is 73.8 cm³/mol. The minimum absolute atomic E-state index is 0.114. The predicted octanol–water partition coefficient (Wildman–Crippen LogP) is 2.61. The van der Waals surface area contributed by atoms with Gasteiger partial charge in [0.1, 0.15) is 0 Å². The van der Waals surface area contributed by atoms with Crippen LogP contribution in [-0.2, 0) is 6.54 Å². The Morgan fingerprint density at radius 3 is 2.83 bits per heavy atom. The molecule has 0 aliphatic rings. The lowest BCUT2D eigenvalue weighted by Crippen LogP contribution is -2.23. The molecule has 0 unspecified atom stereocenters. The number of carbonyl (C=O) groups excluding carboxylic acids is 1. The van der Waals surface area contributed by atoms with E-state index in [0.29, 0.717) is 17.0 Å². The zero-order valence-corrected chi connectivity index (χ0v) is 10.9. The molecule has 1 N–H and O–H groups in total. The molecule has 0 radical (unpaired) electrons. The van der Waals surface area contributed by atoms with E-state index in [1.807, 2.05) is 25.1 Å². The van der Waals surface area contributed by atoms with Gasteiger partial charge in [0.25, 0.3) is 5.91 Å². The van der Waals surface area contributed by atoms with Gasteiger partial charge in [-0.3, -0.25) is 9.78 Å². The van der Waals surface area contributed by atoms with E-state index in [2.05, 4.69) is 22.9 Å². The number of nitrogens with zero attached hydrogens (tertiary/aromatic N) is 1. The molecule has 1 amide bonds. The number of carbonyl (C=O) groups is 1. The highest BCUT2D eigenvalue weighted by Crippen LogP contribution is 2.13. The molecule has 1 heterocycles. The van der Waals surface area contributed by atoms with Crippen molar-refractivity contribution in [2.45, 2.75) is 18.4 Å². The van der Waals surface area contributed by atoms with Crippen LogP contribution in [0.1, 0.15) is 21.5 Å². The second kappa shape index (κ2) is 5.69. The lowest BCUT2D eigenvalue weighted by molar-refractivity contribution is 0.0948. The van der Waals surface area contributed by atoms with Gasteiger partial charge >= 0.3 is 0 Å². The maximum absolute atomic E-state index is 12.0. The molecule has 18 heavy (non-hydrogen) atoms. The molecule has 1 aromatic carbocycles. The Balaban J connectivity index is 2.06. The molecule has 2 aromatic rings. The van der Waals surface area contributed by atoms with Crippen molar-refractivity contribution in [3.8, 4) is 0 Å². The van der Waals surface area contributed by atoms with E-state index in [1.165, 1.54) is 0 Å². The Labute approximate surface area is 112 Å². The SMILES string of the molecule is Cc1cnccc1CNC(=O)c1ccccc1S. The Bertz CT molecular complexity index is 569. The molecule has 3 nitrogen and oxygen atoms in total. The largest absolute Gasteiger partial charge is 0.348 e. The zero-order chi connectivity index (χ0) is 13.0. The molecule has 0 fully saturated rings. The number of amides is 1. The fraction of sp³-hybridized carbons (Fsp3) is 0.143. The summed E-state index contributed by atoms with van der Waals surface area (Å²) in [5, 5.41) is 2.88. The van der Waals surface area contributed by atoms with E-state index in [-0.39, 0.29) is 5.91 Å². The highest BCUT2D eigenvalue weighted by atomic mass is 32.1. The number of hydrogen-bond acceptors (Lipinski definition) is 3. The summed E-state index contributed by atoms with van der Waals surface area (Å²) in [7, 11) is 0. The van der Waals surface area contributed by atoms with Crippen molar-refractivity contribution >= 4 is 18.5 Å². The van der Waals surface area contributed by atoms with Crippen LogP contribution >= 0.6 is 12.6 Å². The quantitative estimate of drug-likeness (QED) is 0.831. The van der Waals surface area contributed by atoms with E-state index < -0.39 is 0 Å². The van der Waals surface area contributed by atoms with Crippen molar-refractivity contribution in [3.05, 3.63) is 59.4 Å². The van der Waals surface area contributed by atoms with Crippen molar-refractivity contribution in [2.75, 3.05) is 0 Å². The van der Waals surface area contributed by atoms with Gasteiger partial charge < -0.3 is 5.32 Å². The van der Waals surface area contributed by atoms with E-state index in [9.17, 15) is 4.79 Å². The number of nitrogens with one attached hydrogen (secondary N) is 1. The van der Waals surface area contributed by atoms with E-state index in [4.69, 9.17) is 0 Å². The average Bonchev–Trinajstić information content (AvgIpc) is 2.38. The molecule has 92 valence electrons. The Morgan fingerprint density at radius 1 is 1.33 bits per heavy atom. The molecular formula is C14H14N2OS. The smallest absolute Gasteiger partial charge is 0.252 e. The van der Waals surface area contributed by atoms with Crippen LogP contribution in [0, 0.1) is 6.92 Å². The van der Waals surface area contributed by atoms with E-state index in [1.54, 1.807) is 24.5 Å². The van der Waals surface area contributed by atoms with Gasteiger partial charge in [-0.15, -0.1) is 12.6 Å². The molecule has 0 saturated carbocycles. The first-order valence-electron chi connectivity index (χ1n) is 5.64. The summed E-state index contributed by atoms with van der Waals surface area (Å²) in [6, 6.07) is 9.15. The van der Waals surface area contributed by atoms with Crippen LogP contribution in [-0.4, -0.2) is 10.9 Å². The number of aromatic nitrogens is 1. The van der Waals surface area contributed by atoms with Gasteiger partial charge in [0, 0.05) is 23.8 Å². The first kappa shape index (κ1) is 12.6. The fourth-order valence-corrected chi connectivity index (χ4v) is 1.90. The molecule has 0 aliphatic heterocycles. The normalized spacial score (nSPS) is 10.1. The van der Waals surface area contributed by atoms with Crippen molar-refractivity contribution in [3.63, 3.8) is 0 Å². The van der Waals surface area contributed by atoms with Crippen LogP contribution in [0.2, 0.25) is 0 Å². The first-order chi connectivity index (χ1) is 8.68. The number of hydrogen-bond donors (Lipinski definition) is 2. The van der Waals surface area contributed by atoms with Gasteiger partial charge in [0.15, 0.2) is 0 Å². The Morgan fingerprint density at radius 2 is 2.11 bits per heavy atom. The molecule has 0 aliphatic carbocycles. The lowest BCUT2D eigenvalue weighted by Gasteiger charge is -2.08. The summed E-state index contributed by atoms with van der Waals surface area (Å²) in [6.45, 7) is 2.47. The summed E-state index contributed by atoms with van der Waals surface area (Å²) in [5.74, 6) is -0.114. The highest BCUT2D eigenvalue weighted by molar-refractivity contribution is 7.80.